The number of nitrogens with zero attached hydrogens (tertiary/aromatic N) is 2. The van der Waals surface area contributed by atoms with Gasteiger partial charge in [-0.05, 0) is 49.8 Å². The van der Waals surface area contributed by atoms with Gasteiger partial charge in [0.15, 0.2) is 0 Å². The van der Waals surface area contributed by atoms with Gasteiger partial charge in [-0.25, -0.2) is 9.97 Å². The Morgan fingerprint density at radius 1 is 1.07 bits per heavy atom. The summed E-state index contributed by atoms with van der Waals surface area (Å²) in [6.45, 7) is 2.24. The maximum atomic E-state index is 6.39. The maximum absolute atomic E-state index is 6.39. The predicted molar refractivity (Wildman–Crippen MR) is 121 cm³/mol. The Labute approximate surface area is 181 Å². The van der Waals surface area contributed by atoms with Crippen LogP contribution in [0, 0.1) is 5.92 Å². The van der Waals surface area contributed by atoms with E-state index in [1.807, 2.05) is 25.2 Å². The molecule has 2 aliphatic carbocycles. The minimum atomic E-state index is -0.00995. The molecule has 28 heavy (non-hydrogen) atoms. The van der Waals surface area contributed by atoms with Gasteiger partial charge >= 0.3 is 0 Å². The summed E-state index contributed by atoms with van der Waals surface area (Å²) in [6.07, 6.45) is 7.48. The number of quaternary nitrogens is 1. The minimum Gasteiger partial charge on any atom is -0.333 e. The Kier molecular flexibility index (Phi) is 5.45. The van der Waals surface area contributed by atoms with Gasteiger partial charge in [-0.2, -0.15) is 0 Å². The van der Waals surface area contributed by atoms with Crippen molar-refractivity contribution in [1.29, 1.82) is 0 Å². The molecule has 1 heterocycles. The quantitative estimate of drug-likeness (QED) is 0.656. The molecule has 0 spiro atoms. The molecule has 4 rings (SSSR count). The molecule has 1 aromatic carbocycles. The van der Waals surface area contributed by atoms with Gasteiger partial charge in [0.1, 0.15) is 15.2 Å². The van der Waals surface area contributed by atoms with Crippen LogP contribution in [0.2, 0.25) is 0 Å². The first-order valence-electron chi connectivity index (χ1n) is 9.35. The van der Waals surface area contributed by atoms with Crippen LogP contribution < -0.4 is 21.4 Å². The molecule has 2 aromatic rings. The van der Waals surface area contributed by atoms with Gasteiger partial charge in [0, 0.05) is 5.56 Å². The lowest BCUT2D eigenvalue weighted by Gasteiger charge is -2.21. The molecule has 142 valence electrons. The lowest BCUT2D eigenvalue weighted by atomic mass is 9.89. The summed E-state index contributed by atoms with van der Waals surface area (Å²) in [5, 5.41) is 10.1. The second-order valence-corrected chi connectivity index (χ2v) is 8.75. The van der Waals surface area contributed by atoms with Gasteiger partial charge in [0.25, 0.3) is 5.71 Å². The van der Waals surface area contributed by atoms with Crippen molar-refractivity contribution in [3.63, 3.8) is 0 Å². The van der Waals surface area contributed by atoms with Gasteiger partial charge in [-0.3, -0.25) is 5.41 Å². The van der Waals surface area contributed by atoms with Crippen molar-refractivity contribution in [1.82, 2.24) is 9.97 Å². The van der Waals surface area contributed by atoms with E-state index >= 15 is 0 Å². The molecule has 0 aliphatic heterocycles. The first-order chi connectivity index (χ1) is 13.5. The zero-order chi connectivity index (χ0) is 19.8. The molecule has 0 bridgehead atoms. The standard InChI is InChI=1S/C22H20Br2N4/c1-12-8-6-7-11-14(12)19-18(13-9-4-3-5-10-13)27-21-15(23)17(25)20(26-2)16(24)22(21)28-19/h3-7,9-12,20,25-26H,8H2,1-2H3/p+2. The first kappa shape index (κ1) is 19.4. The highest BCUT2D eigenvalue weighted by atomic mass is 79.9. The van der Waals surface area contributed by atoms with E-state index in [-0.39, 0.29) is 6.04 Å². The summed E-state index contributed by atoms with van der Waals surface area (Å²) in [5.74, 6) is 0.389. The lowest BCUT2D eigenvalue weighted by Crippen LogP contribution is -2.91. The zero-order valence-electron chi connectivity index (χ0n) is 15.8. The number of allylic oxidation sites excluding steroid dienone is 4. The van der Waals surface area contributed by atoms with E-state index in [1.54, 1.807) is 0 Å². The van der Waals surface area contributed by atoms with Gasteiger partial charge in [0.2, 0.25) is 6.04 Å². The summed E-state index contributed by atoms with van der Waals surface area (Å²) >= 11 is 7.42. The number of nitrogens with two attached hydrogens (primary N) is 2. The first-order valence-corrected chi connectivity index (χ1v) is 10.9. The highest BCUT2D eigenvalue weighted by Crippen LogP contribution is 2.33. The molecule has 2 unspecified atom stereocenters. The molecule has 4 nitrogen and oxygen atoms in total. The van der Waals surface area contributed by atoms with Crippen LogP contribution in [0.25, 0.3) is 25.8 Å². The Morgan fingerprint density at radius 3 is 2.46 bits per heavy atom. The average Bonchev–Trinajstić information content (AvgIpc) is 2.73. The molecule has 0 amide bonds. The van der Waals surface area contributed by atoms with E-state index in [9.17, 15) is 0 Å². The van der Waals surface area contributed by atoms with Crippen LogP contribution in [0.3, 0.4) is 0 Å². The number of hydrogen-bond donors (Lipinski definition) is 2. The zero-order valence-corrected chi connectivity index (χ0v) is 19.0. The number of fused-ring (bicyclic) bond motifs is 1. The van der Waals surface area contributed by atoms with Crippen LogP contribution in [0.1, 0.15) is 19.0 Å². The Bertz CT molecular complexity index is 1130. The minimum absolute atomic E-state index is 0.00995. The fourth-order valence-corrected chi connectivity index (χ4v) is 5.00. The van der Waals surface area contributed by atoms with Crippen LogP contribution in [-0.2, 0) is 0 Å². The Balaban J connectivity index is 2.11. The van der Waals surface area contributed by atoms with Crippen LogP contribution in [0.15, 0.2) is 48.6 Å². The summed E-state index contributed by atoms with van der Waals surface area (Å²) in [7, 11) is 2.01. The van der Waals surface area contributed by atoms with Gasteiger partial charge in [-0.15, -0.1) is 0 Å². The third kappa shape index (κ3) is 3.23. The van der Waals surface area contributed by atoms with Gasteiger partial charge in [-0.1, -0.05) is 55.5 Å². The van der Waals surface area contributed by atoms with Crippen LogP contribution >= 0.6 is 31.9 Å². The predicted octanol–water partition coefficient (Wildman–Crippen LogP) is 0.905. The molecule has 0 saturated carbocycles. The molecule has 2 aliphatic rings. The topological polar surface area (TPSA) is 68.0 Å². The summed E-state index contributed by atoms with van der Waals surface area (Å²) in [5.41, 5.74) is 4.84. The van der Waals surface area contributed by atoms with Crippen molar-refractivity contribution in [3.05, 3.63) is 65.0 Å². The molecule has 1 aromatic heterocycles. The molecule has 0 fully saturated rings. The van der Waals surface area contributed by atoms with Crippen molar-refractivity contribution >= 4 is 52.1 Å². The second-order valence-electron chi connectivity index (χ2n) is 7.10. The summed E-state index contributed by atoms with van der Waals surface area (Å²) in [4.78, 5) is 10.2. The SMILES string of the molecule is C[NH2+]C1C(=[NH2+])C(Br)=c2nc(-c3ccccc3)c(C3=CC=CCC3C)nc2=C1Br. The smallest absolute Gasteiger partial charge is 0.253 e. The van der Waals surface area contributed by atoms with E-state index in [0.717, 1.165) is 48.7 Å². The Hall–Kier alpha value is -1.89. The van der Waals surface area contributed by atoms with E-state index in [4.69, 9.17) is 15.4 Å². The Morgan fingerprint density at radius 2 is 1.79 bits per heavy atom. The molecule has 0 saturated heterocycles. The summed E-state index contributed by atoms with van der Waals surface area (Å²) in [6, 6.07) is 10.2. The highest BCUT2D eigenvalue weighted by molar-refractivity contribution is 9.15. The molecular weight excluding hydrogens is 480 g/mol. The number of hydrogen-bond acceptors (Lipinski definition) is 2. The maximum Gasteiger partial charge on any atom is 0.253 e. The van der Waals surface area contributed by atoms with Crippen molar-refractivity contribution in [3.8, 4) is 11.3 Å². The molecule has 4 N–H and O–H groups in total. The largest absolute Gasteiger partial charge is 0.333 e. The monoisotopic (exact) mass is 500 g/mol. The molecule has 2 atom stereocenters. The van der Waals surface area contributed by atoms with E-state index in [1.165, 1.54) is 5.57 Å². The molecule has 6 heteroatoms. The highest BCUT2D eigenvalue weighted by Gasteiger charge is 2.34. The van der Waals surface area contributed by atoms with Crippen LogP contribution in [-0.4, -0.2) is 28.8 Å². The normalized spacial score (nSPS) is 21.6. The van der Waals surface area contributed by atoms with E-state index in [0.29, 0.717) is 5.92 Å². The van der Waals surface area contributed by atoms with Crippen LogP contribution in [0.4, 0.5) is 0 Å². The third-order valence-corrected chi connectivity index (χ3v) is 6.98. The van der Waals surface area contributed by atoms with Crippen molar-refractivity contribution in [2.24, 2.45) is 5.92 Å². The van der Waals surface area contributed by atoms with Crippen molar-refractivity contribution in [2.75, 3.05) is 7.05 Å². The number of aromatic nitrogens is 2. The van der Waals surface area contributed by atoms with Gasteiger partial charge < -0.3 is 5.32 Å². The number of rotatable bonds is 3. The molecule has 0 radical (unpaired) electrons. The fourth-order valence-electron chi connectivity index (χ4n) is 3.69. The van der Waals surface area contributed by atoms with E-state index in [2.05, 4.69) is 74.5 Å². The number of halogens is 2. The van der Waals surface area contributed by atoms with Crippen molar-refractivity contribution in [2.45, 2.75) is 19.4 Å². The second kappa shape index (κ2) is 7.85. The lowest BCUT2D eigenvalue weighted by molar-refractivity contribution is -0.635. The molecular formula is C22H22Br2N4+2. The van der Waals surface area contributed by atoms with Crippen molar-refractivity contribution < 1.29 is 10.7 Å². The van der Waals surface area contributed by atoms with E-state index < -0.39 is 0 Å². The average molecular weight is 502 g/mol. The van der Waals surface area contributed by atoms with Gasteiger partial charge in [0.05, 0.1) is 22.9 Å². The fraction of sp³-hybridized carbons (Fsp3) is 0.227. The third-order valence-electron chi connectivity index (χ3n) is 5.28. The summed E-state index contributed by atoms with van der Waals surface area (Å²) < 4.78 is 1.77. The number of benzene rings is 1. The van der Waals surface area contributed by atoms with Crippen LogP contribution in [0.5, 0.6) is 0 Å².